The molecule has 2 fully saturated rings. The molecule has 0 unspecified atom stereocenters. The highest BCUT2D eigenvalue weighted by atomic mass is 16.2. The molecule has 3 aromatic rings. The Hall–Kier alpha value is -4.63. The summed E-state index contributed by atoms with van der Waals surface area (Å²) < 4.78 is 0. The lowest BCUT2D eigenvalue weighted by Crippen LogP contribution is -2.46. The zero-order chi connectivity index (χ0) is 31.2. The van der Waals surface area contributed by atoms with Gasteiger partial charge in [-0.2, -0.15) is 10.1 Å². The number of nitrogens with one attached hydrogen (secondary N) is 3. The molecule has 3 amide bonds. The molecule has 1 saturated heterocycles. The van der Waals surface area contributed by atoms with Gasteiger partial charge in [0.2, 0.25) is 5.91 Å². The second kappa shape index (κ2) is 11.5. The van der Waals surface area contributed by atoms with Gasteiger partial charge < -0.3 is 20.9 Å². The van der Waals surface area contributed by atoms with Crippen molar-refractivity contribution in [2.24, 2.45) is 13.0 Å². The van der Waals surface area contributed by atoms with E-state index >= 15 is 0 Å². The van der Waals surface area contributed by atoms with E-state index in [1.54, 1.807) is 26.0 Å². The number of likely N-dealkylation sites (tertiary alicyclic amines) is 1. The van der Waals surface area contributed by atoms with Crippen LogP contribution in [0.15, 0.2) is 36.4 Å². The zero-order valence-corrected chi connectivity index (χ0v) is 25.4. The maximum Gasteiger partial charge on any atom is 0.251 e. The molecule has 0 bridgehead atoms. The van der Waals surface area contributed by atoms with Crippen molar-refractivity contribution >= 4 is 17.7 Å². The van der Waals surface area contributed by atoms with Gasteiger partial charge in [-0.05, 0) is 96.7 Å². The van der Waals surface area contributed by atoms with E-state index in [0.717, 1.165) is 35.1 Å². The number of amides is 3. The third-order valence-corrected chi connectivity index (χ3v) is 9.42. The summed E-state index contributed by atoms with van der Waals surface area (Å²) in [4.78, 5) is 41.8. The smallest absolute Gasteiger partial charge is 0.251 e. The van der Waals surface area contributed by atoms with Crippen LogP contribution in [0.3, 0.4) is 0 Å². The molecule has 2 aliphatic carbocycles. The van der Waals surface area contributed by atoms with E-state index < -0.39 is 5.41 Å². The number of hydrogen-bond acceptors (Lipinski definition) is 8. The third-order valence-electron chi connectivity index (χ3n) is 9.42. The Morgan fingerprint density at radius 1 is 1.02 bits per heavy atom. The molecule has 0 radical (unpaired) electrons. The molecular formula is C32H37N9O3. The number of nitriles is 1. The molecule has 2 heterocycles. The summed E-state index contributed by atoms with van der Waals surface area (Å²) in [5.74, 6) is 0.527. The lowest BCUT2D eigenvalue weighted by atomic mass is 9.67. The summed E-state index contributed by atoms with van der Waals surface area (Å²) in [7, 11) is 4.94. The summed E-state index contributed by atoms with van der Waals surface area (Å²) >= 11 is 0. The number of carbonyl (C=O) groups is 3. The van der Waals surface area contributed by atoms with E-state index in [0.29, 0.717) is 42.1 Å². The second-order valence-electron chi connectivity index (χ2n) is 12.1. The van der Waals surface area contributed by atoms with Crippen LogP contribution < -0.4 is 16.0 Å². The molecule has 12 nitrogen and oxygen atoms in total. The summed E-state index contributed by atoms with van der Waals surface area (Å²) in [6.45, 7) is 2.14. The van der Waals surface area contributed by atoms with E-state index in [-0.39, 0.29) is 42.4 Å². The highest BCUT2D eigenvalue weighted by molar-refractivity contribution is 5.95. The van der Waals surface area contributed by atoms with E-state index in [1.165, 1.54) is 4.80 Å². The Bertz CT molecular complexity index is 1610. The van der Waals surface area contributed by atoms with Crippen LogP contribution in [0.4, 0.5) is 0 Å². The van der Waals surface area contributed by atoms with Gasteiger partial charge in [0.05, 0.1) is 25.1 Å². The predicted molar refractivity (Wildman–Crippen MR) is 161 cm³/mol. The van der Waals surface area contributed by atoms with Crippen molar-refractivity contribution in [3.8, 4) is 6.07 Å². The van der Waals surface area contributed by atoms with Gasteiger partial charge >= 0.3 is 0 Å². The second-order valence-corrected chi connectivity index (χ2v) is 12.1. The van der Waals surface area contributed by atoms with Crippen molar-refractivity contribution < 1.29 is 14.4 Å². The number of piperidine rings is 1. The fourth-order valence-corrected chi connectivity index (χ4v) is 7.24. The Morgan fingerprint density at radius 3 is 2.16 bits per heavy atom. The Kier molecular flexibility index (Phi) is 7.67. The van der Waals surface area contributed by atoms with E-state index in [2.05, 4.69) is 32.3 Å². The van der Waals surface area contributed by atoms with Crippen molar-refractivity contribution in [2.45, 2.75) is 62.6 Å². The molecule has 6 rings (SSSR count). The summed E-state index contributed by atoms with van der Waals surface area (Å²) in [6.07, 6.45) is 3.48. The molecule has 3 N–H and O–H groups in total. The van der Waals surface area contributed by atoms with Gasteiger partial charge in [-0.1, -0.05) is 12.1 Å². The Labute approximate surface area is 256 Å². The first kappa shape index (κ1) is 29.4. The minimum atomic E-state index is -0.905. The van der Waals surface area contributed by atoms with Gasteiger partial charge in [0, 0.05) is 37.3 Å². The minimum Gasteiger partial charge on any atom is -0.355 e. The lowest BCUT2D eigenvalue weighted by molar-refractivity contribution is -0.131. The number of carbonyl (C=O) groups excluding carboxylic acids is 3. The molecule has 228 valence electrons. The molecule has 3 aliphatic rings. The molecular weight excluding hydrogens is 558 g/mol. The van der Waals surface area contributed by atoms with Crippen molar-refractivity contribution in [2.75, 3.05) is 20.6 Å². The molecule has 1 aromatic heterocycles. The van der Waals surface area contributed by atoms with Crippen LogP contribution in [0.2, 0.25) is 0 Å². The first-order valence-electron chi connectivity index (χ1n) is 15.1. The Balaban J connectivity index is 1.43. The van der Waals surface area contributed by atoms with Gasteiger partial charge in [0.25, 0.3) is 11.8 Å². The SMILES string of the molecule is CNC(=O)c1ccc2c(c1)CCc1cc(C(=O)NC)ccc1C2(C[C@H](C)NCC(=O)N1[C@H](C#N)C[C@@H]2C[C@@H]21)c1nnn(C)n1. The molecule has 1 aliphatic heterocycles. The number of hydrogen-bond donors (Lipinski definition) is 3. The zero-order valence-electron chi connectivity index (χ0n) is 25.4. The number of aryl methyl sites for hydroxylation is 3. The summed E-state index contributed by atoms with van der Waals surface area (Å²) in [6, 6.07) is 13.4. The number of rotatable bonds is 8. The van der Waals surface area contributed by atoms with Gasteiger partial charge in [-0.15, -0.1) is 10.2 Å². The van der Waals surface area contributed by atoms with Crippen molar-refractivity contribution in [3.63, 3.8) is 0 Å². The van der Waals surface area contributed by atoms with Crippen LogP contribution in [0.5, 0.6) is 0 Å². The van der Waals surface area contributed by atoms with Crippen LogP contribution in [-0.2, 0) is 30.1 Å². The standard InChI is InChI=1S/C32H37N9O3/c1-18(36-17-28(42)41-24(16-33)13-23-14-27(23)41)15-32(31-37-39-40(4)38-31)25-9-7-21(29(43)34-2)11-19(25)5-6-20-12-22(30(44)35-3)8-10-26(20)32/h7-12,18,23-24,27,36H,5-6,13-15,17H2,1-4H3,(H,34,43)(H,35,44)/t18-,23+,24-,27-/m0/s1. The average molecular weight is 596 g/mol. The van der Waals surface area contributed by atoms with Crippen LogP contribution in [0, 0.1) is 17.2 Å². The minimum absolute atomic E-state index is 0.0628. The molecule has 2 aromatic carbocycles. The highest BCUT2D eigenvalue weighted by Gasteiger charge is 2.54. The van der Waals surface area contributed by atoms with E-state index in [9.17, 15) is 19.6 Å². The number of fused-ring (bicyclic) bond motifs is 3. The van der Waals surface area contributed by atoms with E-state index in [4.69, 9.17) is 5.10 Å². The van der Waals surface area contributed by atoms with E-state index in [1.807, 2.05) is 43.3 Å². The first-order chi connectivity index (χ1) is 21.2. The number of aromatic nitrogens is 4. The molecule has 4 atom stereocenters. The largest absolute Gasteiger partial charge is 0.355 e. The van der Waals surface area contributed by atoms with Crippen molar-refractivity contribution in [1.82, 2.24) is 41.1 Å². The summed E-state index contributed by atoms with van der Waals surface area (Å²) in [5, 5.41) is 32.0. The van der Waals surface area contributed by atoms with Gasteiger partial charge in [-0.3, -0.25) is 14.4 Å². The first-order valence-corrected chi connectivity index (χ1v) is 15.1. The lowest BCUT2D eigenvalue weighted by Gasteiger charge is -2.36. The van der Waals surface area contributed by atoms with Crippen molar-refractivity contribution in [1.29, 1.82) is 5.26 Å². The molecule has 1 saturated carbocycles. The topological polar surface area (TPSA) is 158 Å². The van der Waals surface area contributed by atoms with Crippen LogP contribution >= 0.6 is 0 Å². The molecule has 12 heteroatoms. The van der Waals surface area contributed by atoms with Crippen LogP contribution in [0.25, 0.3) is 0 Å². The molecule has 0 spiro atoms. The fraction of sp³-hybridized carbons (Fsp3) is 0.469. The maximum absolute atomic E-state index is 13.3. The molecule has 44 heavy (non-hydrogen) atoms. The monoisotopic (exact) mass is 595 g/mol. The summed E-state index contributed by atoms with van der Waals surface area (Å²) in [5.41, 5.74) is 4.07. The fourth-order valence-electron chi connectivity index (χ4n) is 7.24. The van der Waals surface area contributed by atoms with Crippen molar-refractivity contribution in [3.05, 3.63) is 75.6 Å². The number of tetrazole rings is 1. The van der Waals surface area contributed by atoms with Crippen LogP contribution in [0.1, 0.15) is 75.0 Å². The average Bonchev–Trinajstić information content (AvgIpc) is 3.53. The number of benzene rings is 2. The number of nitrogens with zero attached hydrogens (tertiary/aromatic N) is 6. The van der Waals surface area contributed by atoms with Gasteiger partial charge in [-0.25, -0.2) is 0 Å². The predicted octanol–water partition coefficient (Wildman–Crippen LogP) is 1.24. The van der Waals surface area contributed by atoms with Crippen LogP contribution in [-0.4, -0.2) is 81.6 Å². The quantitative estimate of drug-likeness (QED) is 0.351. The highest BCUT2D eigenvalue weighted by Crippen LogP contribution is 2.48. The third kappa shape index (κ3) is 5.01. The van der Waals surface area contributed by atoms with Gasteiger partial charge in [0.1, 0.15) is 6.04 Å². The Morgan fingerprint density at radius 2 is 1.64 bits per heavy atom. The van der Waals surface area contributed by atoms with Gasteiger partial charge in [0.15, 0.2) is 5.82 Å². The normalized spacial score (nSPS) is 21.6. The maximum atomic E-state index is 13.3.